The summed E-state index contributed by atoms with van der Waals surface area (Å²) in [6.45, 7) is 9.12. The highest BCUT2D eigenvalue weighted by atomic mass is 32.2. The molecule has 1 amide bonds. The molecule has 11 heteroatoms. The van der Waals surface area contributed by atoms with Crippen LogP contribution in [-0.4, -0.2) is 53.2 Å². The number of rotatable bonds is 6. The Morgan fingerprint density at radius 2 is 1.70 bits per heavy atom. The van der Waals surface area contributed by atoms with Gasteiger partial charge in [0.2, 0.25) is 14.8 Å². The summed E-state index contributed by atoms with van der Waals surface area (Å²) in [7, 11) is -4.64. The second kappa shape index (κ2) is 9.05. The largest absolute Gasteiger partial charge is 0.465 e. The van der Waals surface area contributed by atoms with Crippen LogP contribution in [0.4, 0.5) is 22.4 Å². The summed E-state index contributed by atoms with van der Waals surface area (Å²) in [6, 6.07) is 2.89. The van der Waals surface area contributed by atoms with Crippen LogP contribution < -0.4 is 5.32 Å². The smallest absolute Gasteiger partial charge is 0.416 e. The molecule has 188 valence electrons. The number of nitrogens with zero attached hydrogens (tertiary/aromatic N) is 1. The zero-order chi connectivity index (χ0) is 25.5. The van der Waals surface area contributed by atoms with Crippen LogP contribution in [0.25, 0.3) is 0 Å². The van der Waals surface area contributed by atoms with Crippen LogP contribution in [0.15, 0.2) is 29.2 Å². The average Bonchev–Trinajstić information content (AvgIpc) is 2.65. The fourth-order valence-electron chi connectivity index (χ4n) is 4.50. The molecule has 1 aliphatic rings. The number of alkyl halides is 4. The summed E-state index contributed by atoms with van der Waals surface area (Å²) >= 11 is 0. The van der Waals surface area contributed by atoms with Crippen LogP contribution in [0.5, 0.6) is 0 Å². The Kier molecular flexibility index (Phi) is 7.51. The molecule has 0 unspecified atom stereocenters. The maximum atomic E-state index is 15.5. The third-order valence-electron chi connectivity index (χ3n) is 5.98. The number of sulfone groups is 1. The molecule has 1 fully saturated rings. The monoisotopic (exact) mass is 496 g/mol. The fraction of sp³-hybridized carbons (Fsp3) is 0.682. The summed E-state index contributed by atoms with van der Waals surface area (Å²) in [5.74, 6) is 0. The van der Waals surface area contributed by atoms with Gasteiger partial charge in [-0.1, -0.05) is 6.07 Å². The number of benzene rings is 1. The summed E-state index contributed by atoms with van der Waals surface area (Å²) < 4.78 is 80.1. The first kappa shape index (κ1) is 27.4. The predicted octanol–water partition coefficient (Wildman–Crippen LogP) is 5.23. The molecule has 2 N–H and O–H groups in total. The first-order chi connectivity index (χ1) is 14.8. The van der Waals surface area contributed by atoms with Crippen LogP contribution in [0.1, 0.15) is 65.9 Å². The second-order valence-corrected chi connectivity index (χ2v) is 12.4. The molecule has 0 atom stereocenters. The minimum Gasteiger partial charge on any atom is -0.465 e. The van der Waals surface area contributed by atoms with Crippen molar-refractivity contribution in [3.05, 3.63) is 29.8 Å². The van der Waals surface area contributed by atoms with Crippen LogP contribution in [0, 0.1) is 0 Å². The van der Waals surface area contributed by atoms with Crippen LogP contribution >= 0.6 is 0 Å². The number of carboxylic acid groups (broad SMARTS) is 1. The Morgan fingerprint density at radius 3 is 2.15 bits per heavy atom. The number of amides is 1. The molecule has 0 saturated heterocycles. The lowest BCUT2D eigenvalue weighted by Gasteiger charge is -2.46. The minimum atomic E-state index is -4.74. The molecule has 0 heterocycles. The summed E-state index contributed by atoms with van der Waals surface area (Å²) in [5, 5.41) is 10.2. The van der Waals surface area contributed by atoms with Crippen molar-refractivity contribution in [2.24, 2.45) is 0 Å². The molecule has 1 saturated carbocycles. The van der Waals surface area contributed by atoms with Crippen molar-refractivity contribution in [2.45, 2.75) is 93.5 Å². The van der Waals surface area contributed by atoms with Gasteiger partial charge in [-0.25, -0.2) is 17.6 Å². The molecule has 1 aromatic rings. The molecule has 2 rings (SSSR count). The van der Waals surface area contributed by atoms with Gasteiger partial charge in [0, 0.05) is 18.1 Å². The van der Waals surface area contributed by atoms with E-state index in [0.29, 0.717) is 6.07 Å². The third-order valence-corrected chi connectivity index (χ3v) is 8.22. The molecule has 1 aromatic carbocycles. The Morgan fingerprint density at radius 1 is 1.15 bits per heavy atom. The van der Waals surface area contributed by atoms with Gasteiger partial charge in [0.25, 0.3) is 0 Å². The lowest BCUT2D eigenvalue weighted by Crippen LogP contribution is -2.61. The molecular weight excluding hydrogens is 464 g/mol. The van der Waals surface area contributed by atoms with E-state index in [1.54, 1.807) is 34.6 Å². The Bertz CT molecular complexity index is 963. The fourth-order valence-corrected chi connectivity index (χ4v) is 6.23. The van der Waals surface area contributed by atoms with E-state index in [0.717, 1.165) is 18.2 Å². The summed E-state index contributed by atoms with van der Waals surface area (Å²) in [6.07, 6.45) is -6.26. The number of hydrogen-bond acceptors (Lipinski definition) is 4. The number of halogens is 4. The SMILES string of the molecule is CC(C)(C)N(C(=O)O)C(C)(C)CNC1CCC(F)(S(=O)(=O)c2cccc(C(F)(F)F)c2)CC1. The van der Waals surface area contributed by atoms with E-state index >= 15 is 4.39 Å². The van der Waals surface area contributed by atoms with Gasteiger partial charge in [-0.05, 0) is 78.5 Å². The molecule has 0 aromatic heterocycles. The predicted molar refractivity (Wildman–Crippen MR) is 116 cm³/mol. The minimum absolute atomic E-state index is 0.146. The molecule has 0 bridgehead atoms. The van der Waals surface area contributed by atoms with Gasteiger partial charge in [-0.15, -0.1) is 0 Å². The van der Waals surface area contributed by atoms with Crippen molar-refractivity contribution in [1.29, 1.82) is 0 Å². The average molecular weight is 497 g/mol. The van der Waals surface area contributed by atoms with Gasteiger partial charge in [0.1, 0.15) is 0 Å². The van der Waals surface area contributed by atoms with E-state index in [2.05, 4.69) is 5.32 Å². The number of nitrogens with one attached hydrogen (secondary N) is 1. The van der Waals surface area contributed by atoms with Crippen molar-refractivity contribution in [3.8, 4) is 0 Å². The van der Waals surface area contributed by atoms with Crippen LogP contribution in [0.3, 0.4) is 0 Å². The highest BCUT2D eigenvalue weighted by Crippen LogP contribution is 2.41. The Balaban J connectivity index is 2.10. The molecule has 1 aliphatic carbocycles. The van der Waals surface area contributed by atoms with Gasteiger partial charge in [0.15, 0.2) is 0 Å². The van der Waals surface area contributed by atoms with Crippen molar-refractivity contribution >= 4 is 15.9 Å². The Labute approximate surface area is 192 Å². The van der Waals surface area contributed by atoms with Gasteiger partial charge < -0.3 is 10.4 Å². The van der Waals surface area contributed by atoms with E-state index in [4.69, 9.17) is 0 Å². The zero-order valence-corrected chi connectivity index (χ0v) is 20.3. The number of carbonyl (C=O) groups is 1. The normalized spacial score (nSPS) is 22.8. The van der Waals surface area contributed by atoms with E-state index in [-0.39, 0.29) is 38.3 Å². The maximum absolute atomic E-state index is 15.5. The van der Waals surface area contributed by atoms with Gasteiger partial charge in [0.05, 0.1) is 16.0 Å². The molecule has 0 spiro atoms. The molecule has 0 radical (unpaired) electrons. The van der Waals surface area contributed by atoms with Crippen molar-refractivity contribution < 1.29 is 35.9 Å². The molecule has 33 heavy (non-hydrogen) atoms. The number of hydrogen-bond donors (Lipinski definition) is 2. The van der Waals surface area contributed by atoms with Crippen LogP contribution in [-0.2, 0) is 16.0 Å². The molecular formula is C22H32F4N2O4S. The van der Waals surface area contributed by atoms with Gasteiger partial charge in [-0.3, -0.25) is 4.90 Å². The van der Waals surface area contributed by atoms with E-state index in [9.17, 15) is 31.5 Å². The van der Waals surface area contributed by atoms with Crippen molar-refractivity contribution in [2.75, 3.05) is 6.54 Å². The summed E-state index contributed by atoms with van der Waals surface area (Å²) in [4.78, 5) is 12.4. The quantitative estimate of drug-likeness (QED) is 0.527. The lowest BCUT2D eigenvalue weighted by atomic mass is 9.91. The highest BCUT2D eigenvalue weighted by Gasteiger charge is 2.48. The van der Waals surface area contributed by atoms with Crippen molar-refractivity contribution in [3.63, 3.8) is 0 Å². The first-order valence-corrected chi connectivity index (χ1v) is 12.2. The van der Waals surface area contributed by atoms with E-state index in [1.165, 1.54) is 4.90 Å². The third kappa shape index (κ3) is 5.98. The van der Waals surface area contributed by atoms with Crippen molar-refractivity contribution in [1.82, 2.24) is 10.2 Å². The molecule has 6 nitrogen and oxygen atoms in total. The van der Waals surface area contributed by atoms with E-state index < -0.39 is 48.6 Å². The highest BCUT2D eigenvalue weighted by molar-refractivity contribution is 7.92. The standard InChI is InChI=1S/C22H32F4N2O4S/c1-19(2,3)28(18(29)30)20(4,5)14-27-16-9-11-21(23,12-10-16)33(31,32)17-8-6-7-15(13-17)22(24,25)26/h6-8,13,16,27H,9-12,14H2,1-5H3,(H,29,30). The van der Waals surface area contributed by atoms with Gasteiger partial charge >= 0.3 is 12.3 Å². The Hall–Kier alpha value is -1.88. The summed E-state index contributed by atoms with van der Waals surface area (Å²) in [5.41, 5.74) is -2.60. The zero-order valence-electron chi connectivity index (χ0n) is 19.5. The maximum Gasteiger partial charge on any atom is 0.416 e. The van der Waals surface area contributed by atoms with E-state index in [1.807, 2.05) is 0 Å². The topological polar surface area (TPSA) is 86.7 Å². The lowest BCUT2D eigenvalue weighted by molar-refractivity contribution is -0.137. The van der Waals surface area contributed by atoms with Crippen LogP contribution in [0.2, 0.25) is 0 Å². The second-order valence-electron chi connectivity index (χ2n) is 10.2. The first-order valence-electron chi connectivity index (χ1n) is 10.7. The molecule has 0 aliphatic heterocycles. The van der Waals surface area contributed by atoms with Gasteiger partial charge in [-0.2, -0.15) is 13.2 Å².